The van der Waals surface area contributed by atoms with E-state index in [1.54, 1.807) is 31.4 Å². The Morgan fingerprint density at radius 1 is 1.25 bits per heavy atom. The van der Waals surface area contributed by atoms with Crippen LogP contribution < -0.4 is 10.0 Å². The molecule has 0 aliphatic heterocycles. The second-order valence-corrected chi connectivity index (χ2v) is 4.94. The number of ketones is 1. The van der Waals surface area contributed by atoms with Crippen LogP contribution in [0.3, 0.4) is 0 Å². The average Bonchev–Trinajstić information content (AvgIpc) is 2.47. The van der Waals surface area contributed by atoms with Crippen molar-refractivity contribution in [3.8, 4) is 11.5 Å². The molecule has 2 aromatic rings. The minimum absolute atomic E-state index is 0.154. The van der Waals surface area contributed by atoms with Crippen LogP contribution in [0.25, 0.3) is 0 Å². The molecule has 20 heavy (non-hydrogen) atoms. The van der Waals surface area contributed by atoms with Gasteiger partial charge in [0.25, 0.3) is 0 Å². The summed E-state index contributed by atoms with van der Waals surface area (Å²) in [7, 11) is 1.38. The number of phenols is 1. The minimum Gasteiger partial charge on any atom is -0.507 e. The third-order valence-electron chi connectivity index (χ3n) is 2.89. The number of Topliss-reactive ketones (excluding diaryl/α,β-unsaturated/α-hetero) is 1. The molecular formula is C15H13O4P. The number of hydrogen-bond donors (Lipinski definition) is 1. The van der Waals surface area contributed by atoms with Crippen LogP contribution in [0.4, 0.5) is 0 Å². The van der Waals surface area contributed by atoms with Crippen molar-refractivity contribution in [2.45, 2.75) is 6.42 Å². The number of ether oxygens (including phenoxy) is 1. The lowest BCUT2D eigenvalue weighted by Crippen LogP contribution is -2.05. The highest BCUT2D eigenvalue weighted by Crippen LogP contribution is 2.20. The number of methoxy groups -OCH3 is 1. The lowest BCUT2D eigenvalue weighted by Gasteiger charge is -2.06. The van der Waals surface area contributed by atoms with Gasteiger partial charge >= 0.3 is 0 Å². The molecule has 0 unspecified atom stereocenters. The van der Waals surface area contributed by atoms with Gasteiger partial charge in [-0.1, -0.05) is 12.1 Å². The van der Waals surface area contributed by atoms with Gasteiger partial charge in [0.15, 0.2) is 14.2 Å². The minimum atomic E-state index is -0.204. The molecule has 2 rings (SSSR count). The summed E-state index contributed by atoms with van der Waals surface area (Å²) in [5.41, 5.74) is 1.03. The van der Waals surface area contributed by atoms with E-state index in [1.807, 2.05) is 6.07 Å². The summed E-state index contributed by atoms with van der Waals surface area (Å²) in [6.45, 7) is 0. The zero-order chi connectivity index (χ0) is 14.5. The predicted octanol–water partition coefficient (Wildman–Crippen LogP) is 2.74. The summed E-state index contributed by atoms with van der Waals surface area (Å²) >= 11 is 0. The van der Waals surface area contributed by atoms with Gasteiger partial charge in [-0.3, -0.25) is 9.36 Å². The van der Waals surface area contributed by atoms with Crippen LogP contribution in [0.1, 0.15) is 15.9 Å². The fourth-order valence-electron chi connectivity index (χ4n) is 1.88. The highest BCUT2D eigenvalue weighted by atomic mass is 31.1. The van der Waals surface area contributed by atoms with Crippen LogP contribution in [0.2, 0.25) is 0 Å². The molecule has 4 nitrogen and oxygen atoms in total. The van der Waals surface area contributed by atoms with Crippen LogP contribution in [0.15, 0.2) is 42.5 Å². The third kappa shape index (κ3) is 3.22. The first-order valence-corrected chi connectivity index (χ1v) is 6.78. The van der Waals surface area contributed by atoms with Crippen molar-refractivity contribution in [2.75, 3.05) is 7.11 Å². The van der Waals surface area contributed by atoms with Gasteiger partial charge in [0, 0.05) is 11.7 Å². The number of hydrogen-bond acceptors (Lipinski definition) is 4. The molecule has 0 radical (unpaired) electrons. The lowest BCUT2D eigenvalue weighted by molar-refractivity contribution is 0.0990. The number of carbonyl (C=O) groups excluding carboxylic acids is 1. The Hall–Kier alpha value is -2.19. The number of rotatable bonds is 5. The third-order valence-corrected chi connectivity index (χ3v) is 3.37. The fourth-order valence-corrected chi connectivity index (χ4v) is 2.19. The smallest absolute Gasteiger partial charge is 0.192 e. The zero-order valence-corrected chi connectivity index (χ0v) is 11.8. The van der Waals surface area contributed by atoms with E-state index in [-0.39, 0.29) is 32.0 Å². The van der Waals surface area contributed by atoms with Gasteiger partial charge in [-0.05, 0) is 35.9 Å². The molecule has 5 heteroatoms. The van der Waals surface area contributed by atoms with E-state index in [1.165, 1.54) is 12.1 Å². The molecule has 0 atom stereocenters. The lowest BCUT2D eigenvalue weighted by atomic mass is 10.0. The van der Waals surface area contributed by atoms with Gasteiger partial charge in [-0.15, -0.1) is 0 Å². The predicted molar refractivity (Wildman–Crippen MR) is 76.4 cm³/mol. The second-order valence-electron chi connectivity index (χ2n) is 4.24. The molecule has 102 valence electrons. The van der Waals surface area contributed by atoms with Crippen LogP contribution in [-0.4, -0.2) is 18.0 Å². The highest BCUT2D eigenvalue weighted by Gasteiger charge is 2.13. The van der Waals surface area contributed by atoms with Gasteiger partial charge in [0.1, 0.15) is 11.5 Å². The van der Waals surface area contributed by atoms with Gasteiger partial charge in [0.2, 0.25) is 0 Å². The molecule has 0 aliphatic rings. The van der Waals surface area contributed by atoms with Crippen LogP contribution >= 0.6 is 8.46 Å². The van der Waals surface area contributed by atoms with Gasteiger partial charge in [-0.25, -0.2) is 0 Å². The number of aromatic hydroxyl groups is 1. The average molecular weight is 288 g/mol. The molecule has 0 saturated heterocycles. The molecular weight excluding hydrogens is 275 g/mol. The Labute approximate surface area is 118 Å². The SMILES string of the molecule is COc1cccc(CC(=O)c2ccc(P=O)cc2O)c1. The van der Waals surface area contributed by atoms with Crippen molar-refractivity contribution in [1.29, 1.82) is 0 Å². The molecule has 0 spiro atoms. The number of benzene rings is 2. The number of carbonyl (C=O) groups is 1. The first-order valence-electron chi connectivity index (χ1n) is 5.96. The van der Waals surface area contributed by atoms with Crippen LogP contribution in [0.5, 0.6) is 11.5 Å². The molecule has 2 aromatic carbocycles. The Bertz CT molecular complexity index is 652. The molecule has 0 bridgehead atoms. The van der Waals surface area contributed by atoms with Crippen LogP contribution in [0, 0.1) is 0 Å². The number of phenolic OH excluding ortho intramolecular Hbond substituents is 1. The normalized spacial score (nSPS) is 10.4. The van der Waals surface area contributed by atoms with E-state index >= 15 is 0 Å². The van der Waals surface area contributed by atoms with Crippen molar-refractivity contribution in [1.82, 2.24) is 0 Å². The van der Waals surface area contributed by atoms with E-state index in [4.69, 9.17) is 4.74 Å². The summed E-state index contributed by atoms with van der Waals surface area (Å²) in [6, 6.07) is 11.6. The fraction of sp³-hybridized carbons (Fsp3) is 0.133. The molecule has 0 heterocycles. The maximum Gasteiger partial charge on any atom is 0.192 e. The summed E-state index contributed by atoms with van der Waals surface area (Å²) in [6.07, 6.45) is 0.166. The van der Waals surface area contributed by atoms with Crippen molar-refractivity contribution in [2.24, 2.45) is 0 Å². The van der Waals surface area contributed by atoms with E-state index in [2.05, 4.69) is 0 Å². The first kappa shape index (κ1) is 14.2. The molecule has 0 saturated carbocycles. The van der Waals surface area contributed by atoms with Crippen molar-refractivity contribution in [3.63, 3.8) is 0 Å². The molecule has 0 amide bonds. The second kappa shape index (κ2) is 6.31. The standard InChI is InChI=1S/C15H13O4P/c1-19-11-4-2-3-10(7-11)8-14(16)13-6-5-12(20-18)9-15(13)17/h2-7,9,17H,8H2,1H3. The summed E-state index contributed by atoms with van der Waals surface area (Å²) < 4.78 is 15.8. The maximum absolute atomic E-state index is 12.2. The largest absolute Gasteiger partial charge is 0.507 e. The molecule has 1 N–H and O–H groups in total. The van der Waals surface area contributed by atoms with E-state index in [0.717, 1.165) is 5.56 Å². The van der Waals surface area contributed by atoms with E-state index in [0.29, 0.717) is 11.1 Å². The van der Waals surface area contributed by atoms with E-state index < -0.39 is 0 Å². The highest BCUT2D eigenvalue weighted by molar-refractivity contribution is 7.34. The van der Waals surface area contributed by atoms with Crippen LogP contribution in [-0.2, 0) is 11.0 Å². The Morgan fingerprint density at radius 3 is 2.70 bits per heavy atom. The molecule has 0 fully saturated rings. The monoisotopic (exact) mass is 288 g/mol. The van der Waals surface area contributed by atoms with Crippen molar-refractivity contribution in [3.05, 3.63) is 53.6 Å². The van der Waals surface area contributed by atoms with Gasteiger partial charge < -0.3 is 9.84 Å². The topological polar surface area (TPSA) is 63.6 Å². The molecule has 0 aromatic heterocycles. The Kier molecular flexibility index (Phi) is 4.49. The maximum atomic E-state index is 12.2. The summed E-state index contributed by atoms with van der Waals surface area (Å²) in [5.74, 6) is 0.323. The zero-order valence-electron chi connectivity index (χ0n) is 10.9. The molecule has 0 aliphatic carbocycles. The Balaban J connectivity index is 2.21. The van der Waals surface area contributed by atoms with Gasteiger partial charge in [-0.2, -0.15) is 0 Å². The van der Waals surface area contributed by atoms with Crippen molar-refractivity contribution >= 4 is 19.5 Å². The van der Waals surface area contributed by atoms with Crippen molar-refractivity contribution < 1.29 is 19.2 Å². The summed E-state index contributed by atoms with van der Waals surface area (Å²) in [4.78, 5) is 12.2. The van der Waals surface area contributed by atoms with E-state index in [9.17, 15) is 14.5 Å². The summed E-state index contributed by atoms with van der Waals surface area (Å²) in [5, 5.41) is 10.2. The van der Waals surface area contributed by atoms with Gasteiger partial charge in [0.05, 0.1) is 12.7 Å². The first-order chi connectivity index (χ1) is 9.63. The Morgan fingerprint density at radius 2 is 2.05 bits per heavy atom. The quantitative estimate of drug-likeness (QED) is 0.678.